The Morgan fingerprint density at radius 2 is 2.24 bits per heavy atom. The molecule has 3 N–H and O–H groups in total. The maximum atomic E-state index is 11.4. The SMILES string of the molecule is CC(C)NC(=O)CSCc1cccc(N)c1Br. The molecule has 0 spiro atoms. The van der Waals surface area contributed by atoms with E-state index in [4.69, 9.17) is 5.73 Å². The number of amides is 1. The third-order valence-electron chi connectivity index (χ3n) is 2.05. The molecule has 0 saturated heterocycles. The summed E-state index contributed by atoms with van der Waals surface area (Å²) in [5.41, 5.74) is 7.63. The van der Waals surface area contributed by atoms with E-state index >= 15 is 0 Å². The van der Waals surface area contributed by atoms with E-state index in [1.54, 1.807) is 11.8 Å². The Kier molecular flexibility index (Phi) is 5.85. The van der Waals surface area contributed by atoms with Gasteiger partial charge < -0.3 is 11.1 Å². The lowest BCUT2D eigenvalue weighted by Gasteiger charge is -2.09. The highest BCUT2D eigenvalue weighted by Gasteiger charge is 2.06. The Bertz CT molecular complexity index is 396. The van der Waals surface area contributed by atoms with Crippen LogP contribution < -0.4 is 11.1 Å². The van der Waals surface area contributed by atoms with E-state index in [1.165, 1.54) is 0 Å². The van der Waals surface area contributed by atoms with Crippen molar-refractivity contribution in [2.75, 3.05) is 11.5 Å². The van der Waals surface area contributed by atoms with E-state index in [-0.39, 0.29) is 11.9 Å². The number of carbonyl (C=O) groups excluding carboxylic acids is 1. The van der Waals surface area contributed by atoms with Gasteiger partial charge in [-0.05, 0) is 41.4 Å². The van der Waals surface area contributed by atoms with Crippen molar-refractivity contribution in [3.63, 3.8) is 0 Å². The first kappa shape index (κ1) is 14.4. The highest BCUT2D eigenvalue weighted by molar-refractivity contribution is 9.10. The third-order valence-corrected chi connectivity index (χ3v) is 4.00. The molecule has 17 heavy (non-hydrogen) atoms. The zero-order valence-corrected chi connectivity index (χ0v) is 12.4. The van der Waals surface area contributed by atoms with Gasteiger partial charge in [0.1, 0.15) is 0 Å². The van der Waals surface area contributed by atoms with Crippen LogP contribution in [-0.2, 0) is 10.5 Å². The summed E-state index contributed by atoms with van der Waals surface area (Å²) in [5, 5.41) is 2.86. The smallest absolute Gasteiger partial charge is 0.230 e. The molecule has 0 aliphatic heterocycles. The first-order valence-electron chi connectivity index (χ1n) is 5.40. The third kappa shape index (κ3) is 5.00. The molecule has 0 aliphatic carbocycles. The number of hydrogen-bond acceptors (Lipinski definition) is 3. The quantitative estimate of drug-likeness (QED) is 0.821. The number of nitrogens with two attached hydrogens (primary N) is 1. The van der Waals surface area contributed by atoms with Crippen LogP contribution in [0.1, 0.15) is 19.4 Å². The Morgan fingerprint density at radius 3 is 2.88 bits per heavy atom. The van der Waals surface area contributed by atoms with Crippen LogP contribution in [0.5, 0.6) is 0 Å². The molecule has 0 radical (unpaired) electrons. The van der Waals surface area contributed by atoms with Gasteiger partial charge in [-0.15, -0.1) is 11.8 Å². The summed E-state index contributed by atoms with van der Waals surface area (Å²) in [6.07, 6.45) is 0. The average molecular weight is 317 g/mol. The number of carbonyl (C=O) groups is 1. The second-order valence-corrected chi connectivity index (χ2v) is 5.81. The second-order valence-electron chi connectivity index (χ2n) is 4.04. The van der Waals surface area contributed by atoms with Gasteiger partial charge in [-0.3, -0.25) is 4.79 Å². The fourth-order valence-electron chi connectivity index (χ4n) is 1.33. The van der Waals surface area contributed by atoms with Crippen molar-refractivity contribution in [2.24, 2.45) is 0 Å². The molecule has 3 nitrogen and oxygen atoms in total. The molecule has 0 bridgehead atoms. The highest BCUT2D eigenvalue weighted by atomic mass is 79.9. The molecule has 0 aromatic heterocycles. The topological polar surface area (TPSA) is 55.1 Å². The summed E-state index contributed by atoms with van der Waals surface area (Å²) in [6.45, 7) is 3.91. The molecular weight excluding hydrogens is 300 g/mol. The first-order chi connectivity index (χ1) is 8.00. The van der Waals surface area contributed by atoms with Crippen LogP contribution in [0.3, 0.4) is 0 Å². The predicted octanol–water partition coefficient (Wildman–Crippen LogP) is 2.79. The number of anilines is 1. The Morgan fingerprint density at radius 1 is 1.53 bits per heavy atom. The lowest BCUT2D eigenvalue weighted by molar-refractivity contribution is -0.119. The summed E-state index contributed by atoms with van der Waals surface area (Å²) in [6, 6.07) is 5.98. The van der Waals surface area contributed by atoms with Gasteiger partial charge in [0.2, 0.25) is 5.91 Å². The molecule has 1 aromatic carbocycles. The van der Waals surface area contributed by atoms with Crippen LogP contribution in [0, 0.1) is 0 Å². The van der Waals surface area contributed by atoms with Gasteiger partial charge in [0.15, 0.2) is 0 Å². The fraction of sp³-hybridized carbons (Fsp3) is 0.417. The number of nitrogen functional groups attached to an aromatic ring is 1. The lowest BCUT2D eigenvalue weighted by atomic mass is 10.2. The summed E-state index contributed by atoms with van der Waals surface area (Å²) >= 11 is 5.03. The Hall–Kier alpha value is -0.680. The van der Waals surface area contributed by atoms with E-state index in [9.17, 15) is 4.79 Å². The summed E-state index contributed by atoms with van der Waals surface area (Å²) in [4.78, 5) is 11.4. The summed E-state index contributed by atoms with van der Waals surface area (Å²) in [7, 11) is 0. The maximum absolute atomic E-state index is 11.4. The van der Waals surface area contributed by atoms with Crippen LogP contribution in [0.2, 0.25) is 0 Å². The number of rotatable bonds is 5. The molecule has 0 heterocycles. The van der Waals surface area contributed by atoms with E-state index in [0.717, 1.165) is 21.5 Å². The number of nitrogens with one attached hydrogen (secondary N) is 1. The molecule has 1 aromatic rings. The van der Waals surface area contributed by atoms with Gasteiger partial charge in [0.05, 0.1) is 5.75 Å². The largest absolute Gasteiger partial charge is 0.398 e. The minimum Gasteiger partial charge on any atom is -0.398 e. The first-order valence-corrected chi connectivity index (χ1v) is 7.35. The second kappa shape index (κ2) is 6.91. The van der Waals surface area contributed by atoms with Gasteiger partial charge in [-0.25, -0.2) is 0 Å². The van der Waals surface area contributed by atoms with Crippen LogP contribution in [-0.4, -0.2) is 17.7 Å². The Balaban J connectivity index is 2.41. The van der Waals surface area contributed by atoms with Gasteiger partial charge in [-0.1, -0.05) is 12.1 Å². The zero-order valence-electron chi connectivity index (χ0n) is 10.00. The normalized spacial score (nSPS) is 10.6. The molecule has 94 valence electrons. The monoisotopic (exact) mass is 316 g/mol. The molecule has 1 rings (SSSR count). The van der Waals surface area contributed by atoms with Gasteiger partial charge in [0, 0.05) is 22.0 Å². The van der Waals surface area contributed by atoms with Crippen molar-refractivity contribution in [3.05, 3.63) is 28.2 Å². The number of thioether (sulfide) groups is 1. The maximum Gasteiger partial charge on any atom is 0.230 e. The number of hydrogen-bond donors (Lipinski definition) is 2. The molecular formula is C12H17BrN2OS. The molecule has 0 unspecified atom stereocenters. The van der Waals surface area contributed by atoms with Crippen molar-refractivity contribution in [2.45, 2.75) is 25.6 Å². The predicted molar refractivity (Wildman–Crippen MR) is 78.0 cm³/mol. The van der Waals surface area contributed by atoms with Crippen LogP contribution in [0.4, 0.5) is 5.69 Å². The standard InChI is InChI=1S/C12H17BrN2OS/c1-8(2)15-11(16)7-17-6-9-4-3-5-10(14)12(9)13/h3-5,8H,6-7,14H2,1-2H3,(H,15,16). The van der Waals surface area contributed by atoms with Crippen molar-refractivity contribution >= 4 is 39.3 Å². The molecule has 5 heteroatoms. The molecule has 1 amide bonds. The summed E-state index contributed by atoms with van der Waals surface area (Å²) < 4.78 is 0.928. The van der Waals surface area contributed by atoms with Crippen LogP contribution >= 0.6 is 27.7 Å². The lowest BCUT2D eigenvalue weighted by Crippen LogP contribution is -2.31. The highest BCUT2D eigenvalue weighted by Crippen LogP contribution is 2.26. The molecule has 0 aliphatic rings. The minimum atomic E-state index is 0.0741. The minimum absolute atomic E-state index is 0.0741. The summed E-state index contributed by atoms with van der Waals surface area (Å²) in [5.74, 6) is 1.32. The van der Waals surface area contributed by atoms with Gasteiger partial charge in [0.25, 0.3) is 0 Å². The molecule has 0 atom stereocenters. The zero-order chi connectivity index (χ0) is 12.8. The van der Waals surface area contributed by atoms with Gasteiger partial charge in [-0.2, -0.15) is 0 Å². The van der Waals surface area contributed by atoms with E-state index < -0.39 is 0 Å². The Labute approximate surface area is 115 Å². The molecule has 0 fully saturated rings. The van der Waals surface area contributed by atoms with Crippen molar-refractivity contribution in [1.82, 2.24) is 5.32 Å². The van der Waals surface area contributed by atoms with Crippen molar-refractivity contribution < 1.29 is 4.79 Å². The van der Waals surface area contributed by atoms with Crippen LogP contribution in [0.25, 0.3) is 0 Å². The van der Waals surface area contributed by atoms with E-state index in [2.05, 4.69) is 21.2 Å². The van der Waals surface area contributed by atoms with E-state index in [0.29, 0.717) is 5.75 Å². The van der Waals surface area contributed by atoms with Crippen molar-refractivity contribution in [3.8, 4) is 0 Å². The van der Waals surface area contributed by atoms with Crippen LogP contribution in [0.15, 0.2) is 22.7 Å². The van der Waals surface area contributed by atoms with Crippen molar-refractivity contribution in [1.29, 1.82) is 0 Å². The van der Waals surface area contributed by atoms with Gasteiger partial charge >= 0.3 is 0 Å². The average Bonchev–Trinajstić information content (AvgIpc) is 2.23. The molecule has 0 saturated carbocycles. The van der Waals surface area contributed by atoms with E-state index in [1.807, 2.05) is 32.0 Å². The number of benzene rings is 1. The fourth-order valence-corrected chi connectivity index (χ4v) is 2.75. The number of halogens is 1.